The summed E-state index contributed by atoms with van der Waals surface area (Å²) in [5.74, 6) is 1.18. The van der Waals surface area contributed by atoms with Crippen LogP contribution in [0.2, 0.25) is 0 Å². The van der Waals surface area contributed by atoms with E-state index in [1.165, 1.54) is 36.0 Å². The third kappa shape index (κ3) is 3.22. The van der Waals surface area contributed by atoms with Crippen molar-refractivity contribution in [2.75, 3.05) is 0 Å². The highest BCUT2D eigenvalue weighted by Gasteiger charge is 2.24. The molecule has 1 aromatic carbocycles. The largest absolute Gasteiger partial charge is 0.461 e. The maximum Gasteiger partial charge on any atom is 0.134 e. The number of rotatable bonds is 4. The Morgan fingerprint density at radius 2 is 1.89 bits per heavy atom. The van der Waals surface area contributed by atoms with Crippen molar-refractivity contribution < 1.29 is 4.42 Å². The summed E-state index contributed by atoms with van der Waals surface area (Å²) in [5, 5.41) is 1.26. The van der Waals surface area contributed by atoms with E-state index in [1.807, 2.05) is 6.07 Å². The number of halogens is 1. The van der Waals surface area contributed by atoms with Gasteiger partial charge in [-0.3, -0.25) is 0 Å². The molecule has 0 aliphatic heterocycles. The van der Waals surface area contributed by atoms with Crippen LogP contribution in [0.5, 0.6) is 0 Å². The number of hydrogen-bond acceptors (Lipinski definition) is 1. The Hall–Kier alpha value is -0.760. The number of benzene rings is 1. The van der Waals surface area contributed by atoms with Crippen LogP contribution in [0.4, 0.5) is 0 Å². The topological polar surface area (TPSA) is 13.1 Å². The zero-order chi connectivity index (χ0) is 14.0. The van der Waals surface area contributed by atoms with Gasteiger partial charge in [0.15, 0.2) is 0 Å². The molecule has 0 atom stereocenters. The summed E-state index contributed by atoms with van der Waals surface area (Å²) < 4.78 is 7.22. The normalized spacial score (nSPS) is 12.3. The molecule has 2 heteroatoms. The molecule has 0 bridgehead atoms. The van der Waals surface area contributed by atoms with Crippen LogP contribution < -0.4 is 0 Å². The van der Waals surface area contributed by atoms with Crippen LogP contribution >= 0.6 is 15.9 Å². The van der Waals surface area contributed by atoms with Crippen LogP contribution in [0.25, 0.3) is 11.0 Å². The van der Waals surface area contributed by atoms with E-state index in [-0.39, 0.29) is 5.41 Å². The summed E-state index contributed by atoms with van der Waals surface area (Å²) in [5.41, 5.74) is 2.51. The average molecular weight is 323 g/mol. The van der Waals surface area contributed by atoms with Crippen LogP contribution in [0, 0.1) is 0 Å². The summed E-state index contributed by atoms with van der Waals surface area (Å²) in [6.45, 7) is 9.03. The molecule has 0 amide bonds. The highest BCUT2D eigenvalue weighted by molar-refractivity contribution is 9.10. The third-order valence-electron chi connectivity index (χ3n) is 3.48. The molecule has 0 aliphatic carbocycles. The molecule has 2 aromatic rings. The van der Waals surface area contributed by atoms with Gasteiger partial charge in [0.25, 0.3) is 0 Å². The fourth-order valence-corrected chi connectivity index (χ4v) is 3.02. The van der Waals surface area contributed by atoms with Crippen LogP contribution in [0.1, 0.15) is 58.3 Å². The maximum atomic E-state index is 6.11. The molecular weight excluding hydrogens is 300 g/mol. The minimum absolute atomic E-state index is 0.119. The highest BCUT2D eigenvalue weighted by Crippen LogP contribution is 2.37. The predicted molar refractivity (Wildman–Crippen MR) is 85.8 cm³/mol. The van der Waals surface area contributed by atoms with E-state index in [9.17, 15) is 0 Å². The highest BCUT2D eigenvalue weighted by atomic mass is 79.9. The number of unbranched alkanes of at least 4 members (excludes halogenated alkanes) is 2. The lowest BCUT2D eigenvalue weighted by Gasteiger charge is -2.19. The molecule has 0 aliphatic rings. The zero-order valence-electron chi connectivity index (χ0n) is 12.3. The Kier molecular flexibility index (Phi) is 4.39. The van der Waals surface area contributed by atoms with Gasteiger partial charge in [0, 0.05) is 21.8 Å². The molecule has 0 N–H and O–H groups in total. The van der Waals surface area contributed by atoms with Crippen molar-refractivity contribution in [1.82, 2.24) is 0 Å². The lowest BCUT2D eigenvalue weighted by Crippen LogP contribution is -2.13. The molecule has 104 valence electrons. The van der Waals surface area contributed by atoms with Gasteiger partial charge in [-0.2, -0.15) is 0 Å². The monoisotopic (exact) mass is 322 g/mol. The number of hydrogen-bond donors (Lipinski definition) is 0. The van der Waals surface area contributed by atoms with Crippen LogP contribution in [-0.2, 0) is 11.8 Å². The minimum Gasteiger partial charge on any atom is -0.461 e. The first-order chi connectivity index (χ1) is 8.93. The van der Waals surface area contributed by atoms with Gasteiger partial charge in [0.2, 0.25) is 0 Å². The van der Waals surface area contributed by atoms with Crippen molar-refractivity contribution in [3.8, 4) is 0 Å². The molecule has 0 saturated carbocycles. The molecule has 0 saturated heterocycles. The minimum atomic E-state index is 0.119. The van der Waals surface area contributed by atoms with Crippen molar-refractivity contribution in [3.63, 3.8) is 0 Å². The fraction of sp³-hybridized carbons (Fsp3) is 0.529. The first-order valence-electron chi connectivity index (χ1n) is 7.15. The van der Waals surface area contributed by atoms with Crippen LogP contribution in [0.3, 0.4) is 0 Å². The van der Waals surface area contributed by atoms with E-state index in [2.05, 4.69) is 55.8 Å². The lowest BCUT2D eigenvalue weighted by molar-refractivity contribution is 0.496. The van der Waals surface area contributed by atoms with Gasteiger partial charge >= 0.3 is 0 Å². The molecular formula is C17H23BrO. The Bertz CT molecular complexity index is 560. The molecule has 1 aromatic heterocycles. The molecule has 0 radical (unpaired) electrons. The van der Waals surface area contributed by atoms with E-state index < -0.39 is 0 Å². The molecule has 0 fully saturated rings. The van der Waals surface area contributed by atoms with Gasteiger partial charge in [-0.05, 0) is 30.0 Å². The van der Waals surface area contributed by atoms with Crippen LogP contribution in [0.15, 0.2) is 27.1 Å². The third-order valence-corrected chi connectivity index (χ3v) is 3.97. The molecule has 0 unspecified atom stereocenters. The quantitative estimate of drug-likeness (QED) is 0.608. The summed E-state index contributed by atoms with van der Waals surface area (Å²) in [6, 6.07) is 6.30. The summed E-state index contributed by atoms with van der Waals surface area (Å²) in [7, 11) is 0. The van der Waals surface area contributed by atoms with Crippen molar-refractivity contribution in [1.29, 1.82) is 0 Å². The summed E-state index contributed by atoms with van der Waals surface area (Å²) >= 11 is 3.56. The van der Waals surface area contributed by atoms with Gasteiger partial charge in [0.05, 0.1) is 0 Å². The smallest absolute Gasteiger partial charge is 0.134 e. The lowest BCUT2D eigenvalue weighted by atomic mass is 9.84. The Labute approximate surface area is 124 Å². The molecule has 1 nitrogen and oxygen atoms in total. The van der Waals surface area contributed by atoms with E-state index in [1.54, 1.807) is 0 Å². The van der Waals surface area contributed by atoms with E-state index in [0.29, 0.717) is 0 Å². The molecule has 19 heavy (non-hydrogen) atoms. The summed E-state index contributed by atoms with van der Waals surface area (Å²) in [6.07, 6.45) is 4.77. The van der Waals surface area contributed by atoms with Crippen molar-refractivity contribution >= 4 is 26.9 Å². The number of furan rings is 1. The molecule has 0 spiro atoms. The molecule has 1 heterocycles. The first-order valence-corrected chi connectivity index (χ1v) is 7.94. The first kappa shape index (κ1) is 14.6. The Balaban J connectivity index is 2.50. The van der Waals surface area contributed by atoms with Gasteiger partial charge in [-0.25, -0.2) is 0 Å². The van der Waals surface area contributed by atoms with Gasteiger partial charge in [-0.1, -0.05) is 56.5 Å². The Morgan fingerprint density at radius 3 is 2.53 bits per heavy atom. The van der Waals surface area contributed by atoms with Gasteiger partial charge in [0.1, 0.15) is 11.3 Å². The van der Waals surface area contributed by atoms with E-state index in [4.69, 9.17) is 4.42 Å². The number of fused-ring (bicyclic) bond motifs is 1. The average Bonchev–Trinajstić information content (AvgIpc) is 2.66. The second-order valence-corrected chi connectivity index (χ2v) is 7.16. The SMILES string of the molecule is CCCCCc1oc2ccc(Br)cc2c1C(C)(C)C. The molecule has 2 rings (SSSR count). The Morgan fingerprint density at radius 1 is 1.16 bits per heavy atom. The van der Waals surface area contributed by atoms with Crippen molar-refractivity contribution in [2.24, 2.45) is 0 Å². The second kappa shape index (κ2) is 5.70. The van der Waals surface area contributed by atoms with Crippen LogP contribution in [-0.4, -0.2) is 0 Å². The van der Waals surface area contributed by atoms with E-state index >= 15 is 0 Å². The van der Waals surface area contributed by atoms with Gasteiger partial charge < -0.3 is 4.42 Å². The zero-order valence-corrected chi connectivity index (χ0v) is 13.9. The summed E-state index contributed by atoms with van der Waals surface area (Å²) in [4.78, 5) is 0. The standard InChI is InChI=1S/C17H23BrO/c1-5-6-7-8-15-16(17(2,3)4)13-11-12(18)9-10-14(13)19-15/h9-11H,5-8H2,1-4H3. The van der Waals surface area contributed by atoms with Crippen molar-refractivity contribution in [3.05, 3.63) is 34.0 Å². The predicted octanol–water partition coefficient (Wildman–Crippen LogP) is 6.23. The van der Waals surface area contributed by atoms with E-state index in [0.717, 1.165) is 16.5 Å². The van der Waals surface area contributed by atoms with Gasteiger partial charge in [-0.15, -0.1) is 0 Å². The van der Waals surface area contributed by atoms with Crippen molar-refractivity contribution in [2.45, 2.75) is 58.8 Å². The fourth-order valence-electron chi connectivity index (χ4n) is 2.65. The number of aryl methyl sites for hydroxylation is 1. The second-order valence-electron chi connectivity index (χ2n) is 6.25. The maximum absolute atomic E-state index is 6.11.